The van der Waals surface area contributed by atoms with Crippen molar-refractivity contribution in [2.75, 3.05) is 26.2 Å². The summed E-state index contributed by atoms with van der Waals surface area (Å²) in [6.45, 7) is 4.48. The summed E-state index contributed by atoms with van der Waals surface area (Å²) in [7, 11) is 0. The van der Waals surface area contributed by atoms with Crippen molar-refractivity contribution in [3.63, 3.8) is 0 Å². The summed E-state index contributed by atoms with van der Waals surface area (Å²) in [5, 5.41) is 33.9. The Kier molecular flexibility index (Phi) is 19.8. The Labute approximate surface area is 281 Å². The average Bonchev–Trinajstić information content (AvgIpc) is 3.00. The van der Waals surface area contributed by atoms with Crippen molar-refractivity contribution >= 4 is 59.2 Å². The molecule has 4 atom stereocenters. The van der Waals surface area contributed by atoms with E-state index >= 15 is 0 Å². The Morgan fingerprint density at radius 2 is 1.14 bits per heavy atom. The number of nitrogens with two attached hydrogens (primary N) is 2. The summed E-state index contributed by atoms with van der Waals surface area (Å²) in [6, 6.07) is -5.81. The lowest BCUT2D eigenvalue weighted by Crippen LogP contribution is -2.60. The van der Waals surface area contributed by atoms with Crippen LogP contribution in [0.1, 0.15) is 53.4 Å². The summed E-state index contributed by atoms with van der Waals surface area (Å²) in [4.78, 5) is 121. The van der Waals surface area contributed by atoms with Gasteiger partial charge in [-0.15, -0.1) is 0 Å². The molecule has 0 spiro atoms. The molecule has 0 rings (SSSR count). The van der Waals surface area contributed by atoms with E-state index in [1.165, 1.54) is 0 Å². The molecule has 0 saturated carbocycles. The standard InChI is InChI=1S/C28H47N9O12/c1-13(2)7-16(34-21(41)11-32-20(40)10-31-19(39)9-29)27(48)37-24(14(3)4)28(49)35-15(5-6-18(30)38)26(47)36-17(8-22(42)43)25(46)33-12-23(44)45/h13-17,24H,5-12,29H2,1-4H3,(H2,30,38)(H,31,39)(H,32,40)(H,33,46)(H,34,41)(H,35,49)(H,36,47)(H,37,48)(H,42,43)(H,44,45)/t15-,16-,17-,24-/m0/s1. The van der Waals surface area contributed by atoms with Crippen LogP contribution < -0.4 is 48.7 Å². The Balaban J connectivity index is 5.83. The van der Waals surface area contributed by atoms with Gasteiger partial charge in [0.2, 0.25) is 47.3 Å². The lowest BCUT2D eigenvalue weighted by molar-refractivity contribution is -0.142. The Morgan fingerprint density at radius 1 is 0.592 bits per heavy atom. The van der Waals surface area contributed by atoms with E-state index in [0.717, 1.165) is 0 Å². The molecule has 0 aromatic carbocycles. The van der Waals surface area contributed by atoms with Crippen LogP contribution in [0.15, 0.2) is 0 Å². The number of carbonyl (C=O) groups excluding carboxylic acids is 8. The van der Waals surface area contributed by atoms with Crippen LogP contribution in [0, 0.1) is 11.8 Å². The van der Waals surface area contributed by atoms with Gasteiger partial charge in [0.05, 0.1) is 26.1 Å². The number of aliphatic carboxylic acids is 2. The van der Waals surface area contributed by atoms with Crippen molar-refractivity contribution < 1.29 is 58.2 Å². The molecule has 0 aromatic heterocycles. The molecule has 276 valence electrons. The first-order valence-corrected chi connectivity index (χ1v) is 15.2. The fourth-order valence-electron chi connectivity index (χ4n) is 3.99. The Morgan fingerprint density at radius 3 is 1.65 bits per heavy atom. The van der Waals surface area contributed by atoms with Gasteiger partial charge in [-0.2, -0.15) is 0 Å². The fourth-order valence-corrected chi connectivity index (χ4v) is 3.99. The highest BCUT2D eigenvalue weighted by Crippen LogP contribution is 2.09. The number of amides is 8. The summed E-state index contributed by atoms with van der Waals surface area (Å²) in [6.07, 6.45) is -1.65. The van der Waals surface area contributed by atoms with Gasteiger partial charge in [0.1, 0.15) is 30.7 Å². The first kappa shape index (κ1) is 43.7. The molecule has 0 bridgehead atoms. The van der Waals surface area contributed by atoms with Gasteiger partial charge in [-0.3, -0.25) is 47.9 Å². The van der Waals surface area contributed by atoms with Crippen LogP contribution in [0.2, 0.25) is 0 Å². The van der Waals surface area contributed by atoms with Crippen molar-refractivity contribution in [1.82, 2.24) is 37.2 Å². The molecule has 0 aliphatic heterocycles. The van der Waals surface area contributed by atoms with Crippen LogP contribution in [0.3, 0.4) is 0 Å². The van der Waals surface area contributed by atoms with Crippen molar-refractivity contribution in [2.24, 2.45) is 23.3 Å². The molecule has 0 unspecified atom stereocenters. The van der Waals surface area contributed by atoms with E-state index in [1.807, 2.05) is 5.32 Å². The predicted octanol–water partition coefficient (Wildman–Crippen LogP) is -5.24. The van der Waals surface area contributed by atoms with Gasteiger partial charge < -0.3 is 58.9 Å². The van der Waals surface area contributed by atoms with Crippen LogP contribution in [-0.2, 0) is 47.9 Å². The average molecular weight is 702 g/mol. The highest BCUT2D eigenvalue weighted by atomic mass is 16.4. The van der Waals surface area contributed by atoms with Crippen LogP contribution in [0.4, 0.5) is 0 Å². The Hall–Kier alpha value is -5.34. The molecule has 21 nitrogen and oxygen atoms in total. The monoisotopic (exact) mass is 701 g/mol. The van der Waals surface area contributed by atoms with Crippen LogP contribution >= 0.6 is 0 Å². The van der Waals surface area contributed by atoms with E-state index in [0.29, 0.717) is 0 Å². The molecule has 13 N–H and O–H groups in total. The van der Waals surface area contributed by atoms with Gasteiger partial charge in [0.15, 0.2) is 0 Å². The number of primary amides is 1. The molecule has 8 amide bonds. The smallest absolute Gasteiger partial charge is 0.322 e. The van der Waals surface area contributed by atoms with E-state index in [4.69, 9.17) is 16.6 Å². The lowest BCUT2D eigenvalue weighted by Gasteiger charge is -2.28. The molecule has 0 radical (unpaired) electrons. The number of carbonyl (C=O) groups is 10. The van der Waals surface area contributed by atoms with Gasteiger partial charge in [-0.05, 0) is 24.7 Å². The number of nitrogens with one attached hydrogen (secondary N) is 7. The summed E-state index contributed by atoms with van der Waals surface area (Å²) in [5.74, 6) is -10.5. The van der Waals surface area contributed by atoms with Gasteiger partial charge in [-0.1, -0.05) is 27.7 Å². The highest BCUT2D eigenvalue weighted by Gasteiger charge is 2.33. The third-order valence-corrected chi connectivity index (χ3v) is 6.42. The zero-order valence-corrected chi connectivity index (χ0v) is 27.8. The minimum atomic E-state index is -1.76. The van der Waals surface area contributed by atoms with Crippen LogP contribution in [-0.4, -0.2) is 120 Å². The second-order valence-corrected chi connectivity index (χ2v) is 11.6. The van der Waals surface area contributed by atoms with Crippen molar-refractivity contribution in [2.45, 2.75) is 77.5 Å². The minimum absolute atomic E-state index is 0.114. The second-order valence-electron chi connectivity index (χ2n) is 11.6. The molecule has 0 aliphatic rings. The van der Waals surface area contributed by atoms with Gasteiger partial charge in [0.25, 0.3) is 0 Å². The molecule has 0 fully saturated rings. The van der Waals surface area contributed by atoms with Crippen LogP contribution in [0.5, 0.6) is 0 Å². The second kappa shape index (κ2) is 22.3. The fraction of sp³-hybridized carbons (Fsp3) is 0.643. The number of carboxylic acid groups (broad SMARTS) is 2. The van der Waals surface area contributed by atoms with E-state index in [1.54, 1.807) is 27.7 Å². The van der Waals surface area contributed by atoms with Crippen molar-refractivity contribution in [3.05, 3.63) is 0 Å². The third-order valence-electron chi connectivity index (χ3n) is 6.42. The lowest BCUT2D eigenvalue weighted by atomic mass is 9.99. The maximum atomic E-state index is 13.4. The van der Waals surface area contributed by atoms with Gasteiger partial charge in [0, 0.05) is 6.42 Å². The van der Waals surface area contributed by atoms with E-state index in [2.05, 4.69) is 31.9 Å². The molecule has 0 aromatic rings. The summed E-state index contributed by atoms with van der Waals surface area (Å²) >= 11 is 0. The van der Waals surface area contributed by atoms with Crippen molar-refractivity contribution in [3.8, 4) is 0 Å². The third kappa shape index (κ3) is 19.2. The van der Waals surface area contributed by atoms with E-state index < -0.39 is 128 Å². The maximum Gasteiger partial charge on any atom is 0.322 e. The number of rotatable bonds is 23. The summed E-state index contributed by atoms with van der Waals surface area (Å²) in [5.41, 5.74) is 10.3. The Bertz CT molecular complexity index is 1240. The molecule has 0 heterocycles. The first-order chi connectivity index (χ1) is 22.8. The predicted molar refractivity (Wildman–Crippen MR) is 168 cm³/mol. The number of hydrogen-bond acceptors (Lipinski definition) is 11. The topological polar surface area (TPSA) is 347 Å². The highest BCUT2D eigenvalue weighted by molar-refractivity contribution is 5.97. The minimum Gasteiger partial charge on any atom is -0.481 e. The molecule has 21 heteroatoms. The first-order valence-electron chi connectivity index (χ1n) is 15.2. The van der Waals surface area contributed by atoms with E-state index in [9.17, 15) is 53.1 Å². The molecular formula is C28H47N9O12. The quantitative estimate of drug-likeness (QED) is 0.0475. The molecule has 0 saturated heterocycles. The largest absolute Gasteiger partial charge is 0.481 e. The van der Waals surface area contributed by atoms with Gasteiger partial charge in [-0.25, -0.2) is 0 Å². The maximum absolute atomic E-state index is 13.4. The zero-order valence-electron chi connectivity index (χ0n) is 27.8. The van der Waals surface area contributed by atoms with Crippen molar-refractivity contribution in [1.29, 1.82) is 0 Å². The molecular weight excluding hydrogens is 654 g/mol. The normalized spacial score (nSPS) is 13.1. The number of hydrogen-bond donors (Lipinski definition) is 11. The SMILES string of the molecule is CC(C)C[C@H](NC(=O)CNC(=O)CNC(=O)CN)C(=O)N[C@H](C(=O)N[C@@H](CCC(N)=O)C(=O)N[C@@H](CC(=O)O)C(=O)NCC(=O)O)C(C)C. The molecule has 0 aliphatic carbocycles. The number of carboxylic acids is 2. The molecule has 49 heavy (non-hydrogen) atoms. The van der Waals surface area contributed by atoms with E-state index in [-0.39, 0.29) is 18.9 Å². The van der Waals surface area contributed by atoms with Gasteiger partial charge >= 0.3 is 11.9 Å². The summed E-state index contributed by atoms with van der Waals surface area (Å²) < 4.78 is 0. The zero-order chi connectivity index (χ0) is 37.8. The van der Waals surface area contributed by atoms with Crippen LogP contribution in [0.25, 0.3) is 0 Å².